The third-order valence-electron chi connectivity index (χ3n) is 7.85. The van der Waals surface area contributed by atoms with Crippen LogP contribution < -0.4 is 5.32 Å². The van der Waals surface area contributed by atoms with E-state index in [1.165, 1.54) is 6.92 Å². The molecule has 0 spiro atoms. The molecule has 2 heterocycles. The zero-order valence-corrected chi connectivity index (χ0v) is 26.6. The zero-order valence-electron chi connectivity index (χ0n) is 25.8. The van der Waals surface area contributed by atoms with Crippen molar-refractivity contribution in [2.45, 2.75) is 63.7 Å². The molecule has 4 aromatic rings. The molecule has 1 aliphatic heterocycles. The lowest BCUT2D eigenvalue weighted by atomic mass is 9.91. The number of nitrogens with zero attached hydrogens (tertiary/aromatic N) is 3. The van der Waals surface area contributed by atoms with Crippen molar-refractivity contribution in [3.63, 3.8) is 0 Å². The number of aryl methyl sites for hydroxylation is 1. The summed E-state index contributed by atoms with van der Waals surface area (Å²) in [7, 11) is 1.92. The first kappa shape index (κ1) is 32.4. The molecule has 0 aliphatic carbocycles. The van der Waals surface area contributed by atoms with Crippen molar-refractivity contribution in [3.8, 4) is 11.1 Å². The van der Waals surface area contributed by atoms with Crippen molar-refractivity contribution in [1.29, 1.82) is 0 Å². The van der Waals surface area contributed by atoms with Crippen LogP contribution in [0.3, 0.4) is 0 Å². The number of aliphatic hydroxyl groups is 1. The molecular formula is C34H38N4O6S. The van der Waals surface area contributed by atoms with E-state index < -0.39 is 18.4 Å². The molecule has 236 valence electrons. The van der Waals surface area contributed by atoms with E-state index >= 15 is 0 Å². The van der Waals surface area contributed by atoms with Gasteiger partial charge in [-0.05, 0) is 34.7 Å². The van der Waals surface area contributed by atoms with Gasteiger partial charge in [-0.25, -0.2) is 0 Å². The summed E-state index contributed by atoms with van der Waals surface area (Å²) >= 11 is 1.60. The van der Waals surface area contributed by atoms with Gasteiger partial charge in [0.15, 0.2) is 17.6 Å². The van der Waals surface area contributed by atoms with Crippen LogP contribution in [0.4, 0.5) is 0 Å². The number of hydrogen-bond donors (Lipinski definition) is 2. The second-order valence-electron chi connectivity index (χ2n) is 11.1. The van der Waals surface area contributed by atoms with Crippen molar-refractivity contribution >= 4 is 23.6 Å². The largest absolute Gasteiger partial charge is 0.453 e. The Labute approximate surface area is 267 Å². The van der Waals surface area contributed by atoms with E-state index in [0.29, 0.717) is 5.75 Å². The predicted molar refractivity (Wildman–Crippen MR) is 170 cm³/mol. The Morgan fingerprint density at radius 2 is 1.76 bits per heavy atom. The van der Waals surface area contributed by atoms with Crippen molar-refractivity contribution in [1.82, 2.24) is 20.1 Å². The quantitative estimate of drug-likeness (QED) is 0.172. The van der Waals surface area contributed by atoms with Gasteiger partial charge in [-0.3, -0.25) is 9.59 Å². The Bertz CT molecular complexity index is 1590. The average molecular weight is 631 g/mol. The molecule has 5 rings (SSSR count). The fourth-order valence-electron chi connectivity index (χ4n) is 5.27. The van der Waals surface area contributed by atoms with Crippen LogP contribution in [0.15, 0.2) is 84.3 Å². The molecular weight excluding hydrogens is 592 g/mol. The molecule has 5 atom stereocenters. The number of thioether (sulfide) groups is 1. The molecule has 45 heavy (non-hydrogen) atoms. The van der Waals surface area contributed by atoms with Crippen molar-refractivity contribution in [3.05, 3.63) is 101 Å². The van der Waals surface area contributed by atoms with Crippen molar-refractivity contribution in [2.24, 2.45) is 13.0 Å². The SMILES string of the molecule is CC(=O)O[C@@H](C)C(=O)NCc1ccccc1-c1ccc([C@H]2O[C@@H](CSc3nncn3C)[C@@H](C)[C@@H](c3ccc(CO)cc3)O2)cc1. The van der Waals surface area contributed by atoms with Crippen LogP contribution in [0.5, 0.6) is 0 Å². The number of carbonyl (C=O) groups excluding carboxylic acids is 2. The maximum Gasteiger partial charge on any atom is 0.303 e. The van der Waals surface area contributed by atoms with E-state index in [-0.39, 0.29) is 37.2 Å². The molecule has 1 aliphatic rings. The molecule has 1 aromatic heterocycles. The lowest BCUT2D eigenvalue weighted by molar-refractivity contribution is -0.268. The van der Waals surface area contributed by atoms with Crippen LogP contribution in [0, 0.1) is 5.92 Å². The van der Waals surface area contributed by atoms with Gasteiger partial charge in [-0.15, -0.1) is 10.2 Å². The Balaban J connectivity index is 1.34. The number of nitrogens with one attached hydrogen (secondary N) is 1. The Kier molecular flexibility index (Phi) is 10.7. The van der Waals surface area contributed by atoms with Crippen molar-refractivity contribution in [2.75, 3.05) is 5.75 Å². The number of rotatable bonds is 11. The van der Waals surface area contributed by atoms with Gasteiger partial charge in [-0.2, -0.15) is 0 Å². The van der Waals surface area contributed by atoms with E-state index in [0.717, 1.165) is 38.5 Å². The third kappa shape index (κ3) is 7.98. The maximum absolute atomic E-state index is 12.4. The van der Waals surface area contributed by atoms with Gasteiger partial charge in [0.1, 0.15) is 6.33 Å². The normalized spacial score (nSPS) is 20.4. The molecule has 1 amide bonds. The van der Waals surface area contributed by atoms with Crippen LogP contribution in [0.25, 0.3) is 11.1 Å². The number of benzene rings is 3. The lowest BCUT2D eigenvalue weighted by Crippen LogP contribution is -2.38. The van der Waals surface area contributed by atoms with Gasteiger partial charge in [0, 0.05) is 37.8 Å². The smallest absolute Gasteiger partial charge is 0.303 e. The summed E-state index contributed by atoms with van der Waals surface area (Å²) in [5.74, 6) is -0.137. The maximum atomic E-state index is 12.4. The predicted octanol–water partition coefficient (Wildman–Crippen LogP) is 5.13. The first-order valence-corrected chi connectivity index (χ1v) is 15.8. The summed E-state index contributed by atoms with van der Waals surface area (Å²) in [6, 6.07) is 23.8. The van der Waals surface area contributed by atoms with Gasteiger partial charge in [0.2, 0.25) is 0 Å². The lowest BCUT2D eigenvalue weighted by Gasteiger charge is -2.41. The van der Waals surface area contributed by atoms with Crippen LogP contribution >= 0.6 is 11.8 Å². The van der Waals surface area contributed by atoms with Crippen LogP contribution in [-0.4, -0.2) is 49.7 Å². The molecule has 0 radical (unpaired) electrons. The van der Waals surface area contributed by atoms with Gasteiger partial charge in [-0.1, -0.05) is 91.5 Å². The number of ether oxygens (including phenoxy) is 3. The highest BCUT2D eigenvalue weighted by Gasteiger charge is 2.38. The minimum Gasteiger partial charge on any atom is -0.453 e. The van der Waals surface area contributed by atoms with Crippen LogP contribution in [-0.2, 0) is 44.0 Å². The first-order chi connectivity index (χ1) is 21.7. The molecule has 0 unspecified atom stereocenters. The second-order valence-corrected chi connectivity index (χ2v) is 12.1. The van der Waals surface area contributed by atoms with Crippen LogP contribution in [0.2, 0.25) is 0 Å². The van der Waals surface area contributed by atoms with Crippen LogP contribution in [0.1, 0.15) is 55.4 Å². The fourth-order valence-corrected chi connectivity index (χ4v) is 6.33. The summed E-state index contributed by atoms with van der Waals surface area (Å²) in [6.45, 7) is 5.23. The standard InChI is InChI=1S/C34H38N4O6S/c1-21-30(19-45-34-37-36-20-38(34)4)43-33(44-31(21)26-11-9-24(18-39)10-12-26)27-15-13-25(14-16-27)29-8-6-5-7-28(29)17-35-32(41)22(2)42-23(3)40/h5-16,20-22,30-31,33,39H,17-19H2,1-4H3,(H,35,41)/t21-,22+,30+,31+,33+/m1/s1. The number of esters is 1. The summed E-state index contributed by atoms with van der Waals surface area (Å²) in [5, 5.41) is 21.4. The highest BCUT2D eigenvalue weighted by Crippen LogP contribution is 2.43. The molecule has 11 heteroatoms. The van der Waals surface area contributed by atoms with E-state index in [2.05, 4.69) is 22.4 Å². The van der Waals surface area contributed by atoms with Gasteiger partial charge in [0.05, 0.1) is 18.8 Å². The minimum atomic E-state index is -0.869. The van der Waals surface area contributed by atoms with E-state index in [1.54, 1.807) is 25.0 Å². The number of aromatic nitrogens is 3. The molecule has 0 bridgehead atoms. The van der Waals surface area contributed by atoms with Gasteiger partial charge < -0.3 is 29.2 Å². The Morgan fingerprint density at radius 1 is 1.04 bits per heavy atom. The molecule has 1 saturated heterocycles. The zero-order chi connectivity index (χ0) is 31.9. The third-order valence-corrected chi connectivity index (χ3v) is 8.97. The Morgan fingerprint density at radius 3 is 2.42 bits per heavy atom. The first-order valence-electron chi connectivity index (χ1n) is 14.8. The highest BCUT2D eigenvalue weighted by atomic mass is 32.2. The molecule has 3 aromatic carbocycles. The van der Waals surface area contributed by atoms with E-state index in [4.69, 9.17) is 14.2 Å². The number of hydrogen-bond acceptors (Lipinski definition) is 9. The number of carbonyl (C=O) groups is 2. The topological polar surface area (TPSA) is 125 Å². The Hall–Kier alpha value is -4.03. The fraction of sp³-hybridized carbons (Fsp3) is 0.353. The second kappa shape index (κ2) is 14.8. The molecule has 10 nitrogen and oxygen atoms in total. The van der Waals surface area contributed by atoms with Gasteiger partial charge >= 0.3 is 5.97 Å². The number of aliphatic hydroxyl groups excluding tert-OH is 1. The molecule has 1 fully saturated rings. The highest BCUT2D eigenvalue weighted by molar-refractivity contribution is 7.99. The number of amides is 1. The van der Waals surface area contributed by atoms with Gasteiger partial charge in [0.25, 0.3) is 5.91 Å². The van der Waals surface area contributed by atoms with E-state index in [9.17, 15) is 14.7 Å². The average Bonchev–Trinajstić information content (AvgIpc) is 3.47. The molecule has 0 saturated carbocycles. The summed E-state index contributed by atoms with van der Waals surface area (Å²) in [4.78, 5) is 23.6. The summed E-state index contributed by atoms with van der Waals surface area (Å²) in [6.07, 6.45) is -0.139. The summed E-state index contributed by atoms with van der Waals surface area (Å²) < 4.78 is 20.1. The van der Waals surface area contributed by atoms with E-state index in [1.807, 2.05) is 84.4 Å². The van der Waals surface area contributed by atoms with Crippen molar-refractivity contribution < 1.29 is 28.9 Å². The molecule has 2 N–H and O–H groups in total. The minimum absolute atomic E-state index is 0.0146. The monoisotopic (exact) mass is 630 g/mol. The summed E-state index contributed by atoms with van der Waals surface area (Å²) in [5.41, 5.74) is 5.64.